The topological polar surface area (TPSA) is 30.5 Å². The van der Waals surface area contributed by atoms with E-state index in [0.717, 1.165) is 32.1 Å². The highest BCUT2D eigenvalue weighted by Crippen LogP contribution is 2.28. The molecule has 17 heavy (non-hydrogen) atoms. The van der Waals surface area contributed by atoms with Crippen molar-refractivity contribution in [2.24, 2.45) is 5.92 Å². The van der Waals surface area contributed by atoms with Gasteiger partial charge in [-0.05, 0) is 45.1 Å². The molecule has 1 heterocycles. The van der Waals surface area contributed by atoms with E-state index in [1.165, 1.54) is 19.3 Å². The average molecular weight is 243 g/mol. The molecule has 0 aromatic heterocycles. The number of methoxy groups -OCH3 is 1. The molecule has 3 heteroatoms. The molecule has 1 aliphatic heterocycles. The minimum atomic E-state index is -0.0473. The Morgan fingerprint density at radius 2 is 2.00 bits per heavy atom. The molecule has 0 amide bonds. The van der Waals surface area contributed by atoms with Gasteiger partial charge in [-0.1, -0.05) is 13.8 Å². The first-order valence-electron chi connectivity index (χ1n) is 7.02. The quantitative estimate of drug-likeness (QED) is 0.745. The Kier molecular flexibility index (Phi) is 6.45. The van der Waals surface area contributed by atoms with Crippen molar-refractivity contribution in [3.05, 3.63) is 0 Å². The van der Waals surface area contributed by atoms with Gasteiger partial charge in [0, 0.05) is 26.4 Å². The van der Waals surface area contributed by atoms with Crippen molar-refractivity contribution in [2.75, 3.05) is 26.9 Å². The maximum atomic E-state index is 5.75. The third kappa shape index (κ3) is 4.23. The van der Waals surface area contributed by atoms with Crippen LogP contribution in [0.3, 0.4) is 0 Å². The highest BCUT2D eigenvalue weighted by Gasteiger charge is 2.33. The van der Waals surface area contributed by atoms with E-state index in [1.54, 1.807) is 0 Å². The van der Waals surface area contributed by atoms with Gasteiger partial charge in [0.2, 0.25) is 0 Å². The first-order chi connectivity index (χ1) is 8.16. The fraction of sp³-hybridized carbons (Fsp3) is 1.00. The smallest absolute Gasteiger partial charge is 0.0800 e. The number of ether oxygens (including phenoxy) is 2. The fourth-order valence-corrected chi connectivity index (χ4v) is 2.64. The van der Waals surface area contributed by atoms with Gasteiger partial charge in [-0.15, -0.1) is 0 Å². The molecular formula is C14H29NO2. The lowest BCUT2D eigenvalue weighted by Crippen LogP contribution is -2.51. The van der Waals surface area contributed by atoms with Crippen LogP contribution in [0.1, 0.15) is 46.5 Å². The molecule has 1 aliphatic rings. The molecule has 1 N–H and O–H groups in total. The summed E-state index contributed by atoms with van der Waals surface area (Å²) in [6, 6.07) is 0.450. The van der Waals surface area contributed by atoms with Crippen LogP contribution in [0.15, 0.2) is 0 Å². The number of rotatable bonds is 7. The first-order valence-corrected chi connectivity index (χ1v) is 7.02. The monoisotopic (exact) mass is 243 g/mol. The van der Waals surface area contributed by atoms with Crippen LogP contribution < -0.4 is 5.32 Å². The molecule has 0 aromatic rings. The van der Waals surface area contributed by atoms with Crippen LogP contribution in [0.2, 0.25) is 0 Å². The number of hydrogen-bond donors (Lipinski definition) is 1. The highest BCUT2D eigenvalue weighted by atomic mass is 16.5. The van der Waals surface area contributed by atoms with Crippen molar-refractivity contribution >= 4 is 0 Å². The Morgan fingerprint density at radius 3 is 2.47 bits per heavy atom. The second kappa shape index (κ2) is 7.34. The third-order valence-electron chi connectivity index (χ3n) is 4.27. The molecule has 1 fully saturated rings. The van der Waals surface area contributed by atoms with Crippen molar-refractivity contribution in [1.82, 2.24) is 5.32 Å². The Balaban J connectivity index is 2.57. The van der Waals surface area contributed by atoms with Crippen molar-refractivity contribution in [1.29, 1.82) is 0 Å². The molecule has 1 saturated heterocycles. The highest BCUT2D eigenvalue weighted by molar-refractivity contribution is 4.90. The van der Waals surface area contributed by atoms with E-state index in [-0.39, 0.29) is 5.60 Å². The summed E-state index contributed by atoms with van der Waals surface area (Å²) < 4.78 is 11.2. The number of hydrogen-bond acceptors (Lipinski definition) is 3. The molecular weight excluding hydrogens is 214 g/mol. The van der Waals surface area contributed by atoms with E-state index in [4.69, 9.17) is 9.47 Å². The molecule has 102 valence electrons. The molecule has 0 bridgehead atoms. The number of likely N-dealkylation sites (N-methyl/N-ethyl adjacent to an activating group) is 1. The van der Waals surface area contributed by atoms with Crippen molar-refractivity contribution < 1.29 is 9.47 Å². The Bertz CT molecular complexity index is 198. The van der Waals surface area contributed by atoms with Gasteiger partial charge in [0.25, 0.3) is 0 Å². The van der Waals surface area contributed by atoms with Crippen molar-refractivity contribution in [2.45, 2.75) is 58.1 Å². The Morgan fingerprint density at radius 1 is 1.35 bits per heavy atom. The molecule has 0 aromatic carbocycles. The summed E-state index contributed by atoms with van der Waals surface area (Å²) in [6.07, 6.45) is 4.65. The fourth-order valence-electron chi connectivity index (χ4n) is 2.64. The first kappa shape index (κ1) is 14.9. The van der Waals surface area contributed by atoms with E-state index in [1.807, 2.05) is 7.11 Å². The van der Waals surface area contributed by atoms with Crippen LogP contribution in [-0.4, -0.2) is 38.5 Å². The zero-order chi connectivity index (χ0) is 12.7. The van der Waals surface area contributed by atoms with Crippen LogP contribution >= 0.6 is 0 Å². The summed E-state index contributed by atoms with van der Waals surface area (Å²) in [5.41, 5.74) is -0.0473. The molecule has 0 spiro atoms. The molecule has 1 rings (SSSR count). The van der Waals surface area contributed by atoms with E-state index in [2.05, 4.69) is 26.1 Å². The van der Waals surface area contributed by atoms with Gasteiger partial charge < -0.3 is 14.8 Å². The van der Waals surface area contributed by atoms with Gasteiger partial charge in [0.05, 0.1) is 5.60 Å². The normalized spacial score (nSPS) is 23.3. The van der Waals surface area contributed by atoms with Gasteiger partial charge in [-0.3, -0.25) is 0 Å². The second-order valence-corrected chi connectivity index (χ2v) is 5.27. The number of nitrogens with one attached hydrogen (secondary N) is 1. The zero-order valence-corrected chi connectivity index (χ0v) is 11.9. The van der Waals surface area contributed by atoms with Crippen LogP contribution in [0.4, 0.5) is 0 Å². The van der Waals surface area contributed by atoms with E-state index in [0.29, 0.717) is 6.04 Å². The van der Waals surface area contributed by atoms with Crippen LogP contribution in [0, 0.1) is 5.92 Å². The Hall–Kier alpha value is -0.120. The Labute approximate surface area is 106 Å². The van der Waals surface area contributed by atoms with E-state index in [9.17, 15) is 0 Å². The average Bonchev–Trinajstić information content (AvgIpc) is 2.38. The summed E-state index contributed by atoms with van der Waals surface area (Å²) >= 11 is 0. The summed E-state index contributed by atoms with van der Waals surface area (Å²) in [5.74, 6) is 0.786. The van der Waals surface area contributed by atoms with E-state index < -0.39 is 0 Å². The minimum absolute atomic E-state index is 0.0473. The summed E-state index contributed by atoms with van der Waals surface area (Å²) in [7, 11) is 1.83. The standard InChI is InChI=1S/C14H29NO2/c1-5-14(3,16-4)13(15-6-2)11-12-7-9-17-10-8-12/h12-13,15H,5-11H2,1-4H3. The molecule has 2 unspecified atom stereocenters. The largest absolute Gasteiger partial charge is 0.381 e. The maximum absolute atomic E-state index is 5.75. The van der Waals surface area contributed by atoms with Gasteiger partial charge in [0.1, 0.15) is 0 Å². The zero-order valence-electron chi connectivity index (χ0n) is 11.9. The SMILES string of the molecule is CCNC(CC1CCOCC1)C(C)(CC)OC. The minimum Gasteiger partial charge on any atom is -0.381 e. The molecule has 0 radical (unpaired) electrons. The molecule has 0 saturated carbocycles. The lowest BCUT2D eigenvalue weighted by molar-refractivity contribution is -0.0403. The van der Waals surface area contributed by atoms with E-state index >= 15 is 0 Å². The van der Waals surface area contributed by atoms with Crippen LogP contribution in [0.5, 0.6) is 0 Å². The van der Waals surface area contributed by atoms with Crippen LogP contribution in [-0.2, 0) is 9.47 Å². The predicted octanol–water partition coefficient (Wildman–Crippen LogP) is 2.60. The predicted molar refractivity (Wildman–Crippen MR) is 71.3 cm³/mol. The van der Waals surface area contributed by atoms with Gasteiger partial charge in [-0.2, -0.15) is 0 Å². The lowest BCUT2D eigenvalue weighted by Gasteiger charge is -2.39. The van der Waals surface area contributed by atoms with Gasteiger partial charge >= 0.3 is 0 Å². The molecule has 0 aliphatic carbocycles. The van der Waals surface area contributed by atoms with Gasteiger partial charge in [-0.25, -0.2) is 0 Å². The van der Waals surface area contributed by atoms with Gasteiger partial charge in [0.15, 0.2) is 0 Å². The van der Waals surface area contributed by atoms with Crippen molar-refractivity contribution in [3.63, 3.8) is 0 Å². The lowest BCUT2D eigenvalue weighted by atomic mass is 9.83. The summed E-state index contributed by atoms with van der Waals surface area (Å²) in [6.45, 7) is 9.46. The summed E-state index contributed by atoms with van der Waals surface area (Å²) in [5, 5.41) is 3.61. The second-order valence-electron chi connectivity index (χ2n) is 5.27. The summed E-state index contributed by atoms with van der Waals surface area (Å²) in [4.78, 5) is 0. The molecule has 2 atom stereocenters. The maximum Gasteiger partial charge on any atom is 0.0800 e. The third-order valence-corrected chi connectivity index (χ3v) is 4.27. The van der Waals surface area contributed by atoms with Crippen molar-refractivity contribution in [3.8, 4) is 0 Å². The molecule has 3 nitrogen and oxygen atoms in total. The van der Waals surface area contributed by atoms with Crippen LogP contribution in [0.25, 0.3) is 0 Å².